The minimum absolute atomic E-state index is 0.00902. The van der Waals surface area contributed by atoms with Crippen LogP contribution in [0.25, 0.3) is 0 Å². The fraction of sp³-hybridized carbons (Fsp3) is 0.538. The van der Waals surface area contributed by atoms with E-state index >= 15 is 0 Å². The SMILES string of the molecule is CC1CN(S(=O)(=O)c2ccc(C(=O)Nc3sc4c(c3C(=O)N3CCCC3)CCN(C)C4)cc2)CC(C)O1. The second-order valence-corrected chi connectivity index (χ2v) is 13.3. The fourth-order valence-electron chi connectivity index (χ4n) is 5.35. The molecule has 1 aromatic heterocycles. The number of rotatable bonds is 5. The molecule has 2 amide bonds. The summed E-state index contributed by atoms with van der Waals surface area (Å²) in [6.45, 7) is 7.40. The van der Waals surface area contributed by atoms with Crippen molar-refractivity contribution in [2.45, 2.75) is 56.8 Å². The number of benzene rings is 1. The summed E-state index contributed by atoms with van der Waals surface area (Å²) in [6.07, 6.45) is 2.41. The minimum Gasteiger partial charge on any atom is -0.373 e. The van der Waals surface area contributed by atoms with Crippen LogP contribution in [0.4, 0.5) is 5.00 Å². The van der Waals surface area contributed by atoms with Crippen molar-refractivity contribution in [3.63, 3.8) is 0 Å². The smallest absolute Gasteiger partial charge is 0.257 e. The predicted molar refractivity (Wildman–Crippen MR) is 143 cm³/mol. The second-order valence-electron chi connectivity index (χ2n) is 10.3. The van der Waals surface area contributed by atoms with Gasteiger partial charge in [0.15, 0.2) is 0 Å². The van der Waals surface area contributed by atoms with Crippen LogP contribution in [0.15, 0.2) is 29.2 Å². The van der Waals surface area contributed by atoms with Crippen molar-refractivity contribution < 1.29 is 22.7 Å². The van der Waals surface area contributed by atoms with Gasteiger partial charge in [0.05, 0.1) is 22.7 Å². The van der Waals surface area contributed by atoms with Gasteiger partial charge in [-0.05, 0) is 70.0 Å². The summed E-state index contributed by atoms with van der Waals surface area (Å²) >= 11 is 1.47. The van der Waals surface area contributed by atoms with E-state index < -0.39 is 10.0 Å². The number of anilines is 1. The summed E-state index contributed by atoms with van der Waals surface area (Å²) in [5.74, 6) is -0.370. The average Bonchev–Trinajstić information content (AvgIpc) is 3.51. The molecule has 0 aliphatic carbocycles. The van der Waals surface area contributed by atoms with Crippen LogP contribution >= 0.6 is 11.3 Å². The average molecular weight is 547 g/mol. The molecule has 37 heavy (non-hydrogen) atoms. The second kappa shape index (κ2) is 10.5. The van der Waals surface area contributed by atoms with E-state index in [2.05, 4.69) is 17.3 Å². The Kier molecular flexibility index (Phi) is 7.43. The Labute approximate surface area is 222 Å². The number of ether oxygens (including phenoxy) is 1. The Morgan fingerprint density at radius 3 is 2.32 bits per heavy atom. The van der Waals surface area contributed by atoms with Crippen LogP contribution in [-0.4, -0.2) is 86.3 Å². The highest BCUT2D eigenvalue weighted by Crippen LogP contribution is 2.38. The monoisotopic (exact) mass is 546 g/mol. The number of morpholine rings is 1. The molecule has 2 unspecified atom stereocenters. The highest BCUT2D eigenvalue weighted by atomic mass is 32.2. The van der Waals surface area contributed by atoms with Crippen molar-refractivity contribution in [1.82, 2.24) is 14.1 Å². The first-order valence-corrected chi connectivity index (χ1v) is 15.1. The third kappa shape index (κ3) is 5.33. The van der Waals surface area contributed by atoms with E-state index in [0.29, 0.717) is 29.2 Å². The molecule has 1 aromatic carbocycles. The number of carbonyl (C=O) groups excluding carboxylic acids is 2. The molecule has 0 bridgehead atoms. The Bertz CT molecular complexity index is 1270. The molecule has 3 aliphatic heterocycles. The van der Waals surface area contributed by atoms with Crippen LogP contribution in [0.2, 0.25) is 0 Å². The molecule has 0 spiro atoms. The normalized spacial score (nSPS) is 23.2. The molecule has 2 fully saturated rings. The summed E-state index contributed by atoms with van der Waals surface area (Å²) in [5, 5.41) is 3.55. The van der Waals surface area contributed by atoms with Gasteiger partial charge in [-0.15, -0.1) is 11.3 Å². The molecule has 5 rings (SSSR count). The molecule has 0 radical (unpaired) electrons. The number of likely N-dealkylation sites (tertiary alicyclic amines) is 1. The van der Waals surface area contributed by atoms with Gasteiger partial charge in [-0.2, -0.15) is 4.31 Å². The van der Waals surface area contributed by atoms with Crippen LogP contribution in [0.3, 0.4) is 0 Å². The fourth-order valence-corrected chi connectivity index (χ4v) is 8.26. The standard InChI is InChI=1S/C26H34N4O5S2/c1-17-14-30(15-18(2)35-17)37(33,34)20-8-6-19(7-9-20)24(31)27-25-23(26(32)29-11-4-5-12-29)21-10-13-28(3)16-22(21)36-25/h6-9,17-18H,4-5,10-16H2,1-3H3,(H,27,31). The number of hydrogen-bond acceptors (Lipinski definition) is 7. The van der Waals surface area contributed by atoms with Crippen molar-refractivity contribution in [3.05, 3.63) is 45.8 Å². The number of likely N-dealkylation sites (N-methyl/N-ethyl adjacent to an activating group) is 1. The van der Waals surface area contributed by atoms with E-state index in [9.17, 15) is 18.0 Å². The van der Waals surface area contributed by atoms with Crippen LogP contribution in [0.1, 0.15) is 57.8 Å². The largest absolute Gasteiger partial charge is 0.373 e. The summed E-state index contributed by atoms with van der Waals surface area (Å²) in [5.41, 5.74) is 2.01. The van der Waals surface area contributed by atoms with Crippen molar-refractivity contribution in [2.24, 2.45) is 0 Å². The summed E-state index contributed by atoms with van der Waals surface area (Å²) < 4.78 is 33.4. The third-order valence-corrected chi connectivity index (χ3v) is 10.2. The maximum Gasteiger partial charge on any atom is 0.257 e. The number of nitrogens with zero attached hydrogens (tertiary/aromatic N) is 3. The Morgan fingerprint density at radius 2 is 1.68 bits per heavy atom. The first-order valence-electron chi connectivity index (χ1n) is 12.8. The number of thiophene rings is 1. The van der Waals surface area contributed by atoms with E-state index in [1.54, 1.807) is 0 Å². The quantitative estimate of drug-likeness (QED) is 0.619. The van der Waals surface area contributed by atoms with Crippen LogP contribution in [-0.2, 0) is 27.7 Å². The Hall–Kier alpha value is -2.31. The number of sulfonamides is 1. The number of carbonyl (C=O) groups is 2. The highest BCUT2D eigenvalue weighted by Gasteiger charge is 2.33. The Morgan fingerprint density at radius 1 is 1.03 bits per heavy atom. The van der Waals surface area contributed by atoms with Crippen molar-refractivity contribution in [3.8, 4) is 0 Å². The maximum absolute atomic E-state index is 13.4. The number of nitrogens with one attached hydrogen (secondary N) is 1. The minimum atomic E-state index is -3.70. The van der Waals surface area contributed by atoms with Gasteiger partial charge >= 0.3 is 0 Å². The van der Waals surface area contributed by atoms with Gasteiger partial charge in [0, 0.05) is 49.7 Å². The number of fused-ring (bicyclic) bond motifs is 1. The van der Waals surface area contributed by atoms with E-state index in [1.807, 2.05) is 18.7 Å². The van der Waals surface area contributed by atoms with Gasteiger partial charge in [-0.25, -0.2) is 8.42 Å². The van der Waals surface area contributed by atoms with E-state index in [4.69, 9.17) is 4.74 Å². The molecule has 9 nitrogen and oxygen atoms in total. The van der Waals surface area contributed by atoms with Crippen molar-refractivity contribution >= 4 is 38.2 Å². The third-order valence-electron chi connectivity index (χ3n) is 7.22. The van der Waals surface area contributed by atoms with Crippen molar-refractivity contribution in [1.29, 1.82) is 0 Å². The molecule has 0 saturated carbocycles. The first kappa shape index (κ1) is 26.3. The molecule has 3 aliphatic rings. The first-order chi connectivity index (χ1) is 17.6. The zero-order valence-electron chi connectivity index (χ0n) is 21.5. The highest BCUT2D eigenvalue weighted by molar-refractivity contribution is 7.89. The summed E-state index contributed by atoms with van der Waals surface area (Å²) in [6, 6.07) is 6.00. The lowest BCUT2D eigenvalue weighted by molar-refractivity contribution is -0.0440. The van der Waals surface area contributed by atoms with Gasteiger partial charge in [-0.1, -0.05) is 0 Å². The number of hydrogen-bond donors (Lipinski definition) is 1. The molecule has 2 saturated heterocycles. The molecule has 4 heterocycles. The summed E-state index contributed by atoms with van der Waals surface area (Å²) in [4.78, 5) is 32.0. The predicted octanol–water partition coefficient (Wildman–Crippen LogP) is 3.02. The zero-order chi connectivity index (χ0) is 26.3. The lowest BCUT2D eigenvalue weighted by Crippen LogP contribution is -2.48. The van der Waals surface area contributed by atoms with Gasteiger partial charge in [-0.3, -0.25) is 9.59 Å². The topological polar surface area (TPSA) is 99.3 Å². The molecular weight excluding hydrogens is 512 g/mol. The van der Waals surface area contributed by atoms with Gasteiger partial charge < -0.3 is 19.9 Å². The van der Waals surface area contributed by atoms with Crippen molar-refractivity contribution in [2.75, 3.05) is 45.1 Å². The van der Waals surface area contributed by atoms with Crippen LogP contribution in [0, 0.1) is 0 Å². The van der Waals surface area contributed by atoms with Crippen LogP contribution in [0.5, 0.6) is 0 Å². The molecule has 1 N–H and O–H groups in total. The molecular formula is C26H34N4O5S2. The summed E-state index contributed by atoms with van der Waals surface area (Å²) in [7, 11) is -1.64. The Balaban J connectivity index is 1.37. The van der Waals surface area contributed by atoms with Gasteiger partial charge in [0.25, 0.3) is 11.8 Å². The molecule has 2 atom stereocenters. The van der Waals surface area contributed by atoms with Gasteiger partial charge in [0.2, 0.25) is 10.0 Å². The zero-order valence-corrected chi connectivity index (χ0v) is 23.2. The van der Waals surface area contributed by atoms with E-state index in [-0.39, 0.29) is 28.9 Å². The van der Waals surface area contributed by atoms with E-state index in [0.717, 1.165) is 55.9 Å². The van der Waals surface area contributed by atoms with E-state index in [1.165, 1.54) is 39.9 Å². The van der Waals surface area contributed by atoms with Crippen LogP contribution < -0.4 is 5.32 Å². The lowest BCUT2D eigenvalue weighted by atomic mass is 10.0. The molecule has 2 aromatic rings. The maximum atomic E-state index is 13.4. The molecule has 11 heteroatoms. The molecule has 200 valence electrons. The van der Waals surface area contributed by atoms with Gasteiger partial charge in [0.1, 0.15) is 5.00 Å². The lowest BCUT2D eigenvalue weighted by Gasteiger charge is -2.34. The number of amides is 2.